The number of carbonyl (C=O) groups is 3. The summed E-state index contributed by atoms with van der Waals surface area (Å²) in [6, 6.07) is 0. The van der Waals surface area contributed by atoms with Crippen LogP contribution in [0.15, 0.2) is 109 Å². The van der Waals surface area contributed by atoms with E-state index in [1.807, 2.05) is 21.1 Å². The summed E-state index contributed by atoms with van der Waals surface area (Å²) < 4.78 is 22.8. The van der Waals surface area contributed by atoms with E-state index in [4.69, 9.17) is 18.9 Å². The van der Waals surface area contributed by atoms with E-state index >= 15 is 0 Å². The second-order valence-corrected chi connectivity index (χ2v) is 18.4. The molecule has 386 valence electrons. The largest absolute Gasteiger partial charge is 0.477 e. The van der Waals surface area contributed by atoms with Gasteiger partial charge in [-0.15, -0.1) is 0 Å². The topological polar surface area (TPSA) is 108 Å². The van der Waals surface area contributed by atoms with Gasteiger partial charge in [0, 0.05) is 12.8 Å². The van der Waals surface area contributed by atoms with Gasteiger partial charge in [-0.2, -0.15) is 0 Å². The van der Waals surface area contributed by atoms with Gasteiger partial charge < -0.3 is 28.5 Å². The number of ether oxygens (including phenoxy) is 4. The molecule has 2 atom stereocenters. The number of likely N-dealkylation sites (N-methyl/N-ethyl adjacent to an activating group) is 1. The van der Waals surface area contributed by atoms with Gasteiger partial charge in [0.1, 0.15) is 13.2 Å². The van der Waals surface area contributed by atoms with E-state index < -0.39 is 24.3 Å². The van der Waals surface area contributed by atoms with Crippen molar-refractivity contribution in [3.05, 3.63) is 109 Å². The van der Waals surface area contributed by atoms with Crippen LogP contribution >= 0.6 is 0 Å². The third-order valence-electron chi connectivity index (χ3n) is 10.8. The van der Waals surface area contributed by atoms with Crippen molar-refractivity contribution in [2.75, 3.05) is 47.5 Å². The Morgan fingerprint density at radius 2 is 0.838 bits per heavy atom. The number of quaternary nitrogens is 1. The van der Waals surface area contributed by atoms with Crippen LogP contribution in [0.4, 0.5) is 0 Å². The van der Waals surface area contributed by atoms with Gasteiger partial charge in [-0.3, -0.25) is 9.59 Å². The number of hydrogen-bond donors (Lipinski definition) is 1. The van der Waals surface area contributed by atoms with Crippen LogP contribution in [0.3, 0.4) is 0 Å². The normalized spacial score (nSPS) is 13.7. The van der Waals surface area contributed by atoms with Gasteiger partial charge in [-0.05, 0) is 103 Å². The highest BCUT2D eigenvalue weighted by molar-refractivity contribution is 5.71. The van der Waals surface area contributed by atoms with Crippen LogP contribution in [0.5, 0.6) is 0 Å². The second-order valence-electron chi connectivity index (χ2n) is 18.4. The maximum atomic E-state index is 12.8. The molecule has 0 aliphatic rings. The second kappa shape index (κ2) is 49.4. The Hall–Kier alpha value is -4.05. The lowest BCUT2D eigenvalue weighted by Crippen LogP contribution is -2.40. The molecule has 0 amide bonds. The van der Waals surface area contributed by atoms with Crippen LogP contribution < -0.4 is 0 Å². The fourth-order valence-corrected chi connectivity index (χ4v) is 6.67. The van der Waals surface area contributed by atoms with E-state index in [1.54, 1.807) is 0 Å². The Balaban J connectivity index is 4.39. The van der Waals surface area contributed by atoms with Gasteiger partial charge in [0.2, 0.25) is 0 Å². The van der Waals surface area contributed by atoms with Crippen molar-refractivity contribution in [1.29, 1.82) is 0 Å². The maximum absolute atomic E-state index is 12.8. The summed E-state index contributed by atoms with van der Waals surface area (Å²) in [6.07, 6.45) is 64.4. The number of carbonyl (C=O) groups excluding carboxylic acids is 2. The lowest BCUT2D eigenvalue weighted by Gasteiger charge is -2.25. The van der Waals surface area contributed by atoms with Crippen LogP contribution in [0, 0.1) is 0 Å². The average Bonchev–Trinajstić information content (AvgIpc) is 3.30. The monoisotopic (exact) mass is 949 g/mol. The number of carboxylic acids is 1. The van der Waals surface area contributed by atoms with Crippen molar-refractivity contribution in [1.82, 2.24) is 0 Å². The van der Waals surface area contributed by atoms with Crippen molar-refractivity contribution >= 4 is 17.9 Å². The lowest BCUT2D eigenvalue weighted by atomic mass is 10.1. The molecule has 1 N–H and O–H groups in total. The molecule has 0 bridgehead atoms. The molecule has 0 spiro atoms. The minimum Gasteiger partial charge on any atom is -0.477 e. The van der Waals surface area contributed by atoms with Gasteiger partial charge in [0.05, 0.1) is 34.4 Å². The third-order valence-corrected chi connectivity index (χ3v) is 10.8. The zero-order valence-electron chi connectivity index (χ0n) is 43.7. The number of allylic oxidation sites excluding steroid dienone is 18. The molecule has 0 aromatic carbocycles. The quantitative estimate of drug-likeness (QED) is 0.0211. The Labute approximate surface area is 415 Å². The fraction of sp³-hybridized carbons (Fsp3) is 0.644. The number of hydrogen-bond acceptors (Lipinski definition) is 7. The van der Waals surface area contributed by atoms with E-state index in [-0.39, 0.29) is 38.6 Å². The number of esters is 2. The average molecular weight is 949 g/mol. The van der Waals surface area contributed by atoms with Crippen LogP contribution in [-0.4, -0.2) is 87.4 Å². The number of nitrogens with zero attached hydrogens (tertiary/aromatic N) is 1. The maximum Gasteiger partial charge on any atom is 0.361 e. The van der Waals surface area contributed by atoms with E-state index in [2.05, 4.69) is 123 Å². The van der Waals surface area contributed by atoms with Gasteiger partial charge in [0.25, 0.3) is 6.29 Å². The van der Waals surface area contributed by atoms with Crippen molar-refractivity contribution in [3.8, 4) is 0 Å². The molecular weight excluding hydrogens is 851 g/mol. The van der Waals surface area contributed by atoms with Gasteiger partial charge in [-0.1, -0.05) is 181 Å². The standard InChI is InChI=1S/C59H97NO8/c1-6-8-10-12-14-16-18-20-22-23-24-25-26-27-28-29-30-31-32-33-34-35-36-38-40-42-44-46-48-50-57(62)68-55(54-67-59(58(63)64)65-52-51-60(3,4)5)53-66-56(61)49-47-45-43-41-39-37-21-19-17-15-13-11-9-7-2/h8,10,14,16,19-22,24-25,27-28,30-31,33-34,36,38,55,59H,6-7,9,11-13,15,17-18,23,26,29,32,35,37,39-54H2,1-5H3/p+1/b10-8-,16-14-,21-19-,22-20-,25-24-,28-27-,31-30-,34-33-,38-36-. The van der Waals surface area contributed by atoms with E-state index in [9.17, 15) is 19.5 Å². The first-order valence-corrected chi connectivity index (χ1v) is 26.6. The first-order chi connectivity index (χ1) is 33.1. The van der Waals surface area contributed by atoms with Gasteiger partial charge in [0.15, 0.2) is 6.10 Å². The van der Waals surface area contributed by atoms with Crippen LogP contribution in [0.2, 0.25) is 0 Å². The first kappa shape index (κ1) is 64.0. The zero-order chi connectivity index (χ0) is 49.9. The molecule has 68 heavy (non-hydrogen) atoms. The van der Waals surface area contributed by atoms with Gasteiger partial charge >= 0.3 is 17.9 Å². The molecule has 0 saturated heterocycles. The van der Waals surface area contributed by atoms with Crippen LogP contribution in [0.25, 0.3) is 0 Å². The zero-order valence-corrected chi connectivity index (χ0v) is 43.7. The predicted molar refractivity (Wildman–Crippen MR) is 285 cm³/mol. The molecule has 0 aromatic rings. The number of unbranched alkanes of at least 4 members (excludes halogenated alkanes) is 14. The molecule has 0 rings (SSSR count). The SMILES string of the molecule is CC/C=C\C/C=C\C/C=C\C/C=C\C/C=C\C/C=C\C/C=C\C/C=C\CCCCCCC(=O)OC(COC(=O)CCCCCCC/C=C\CCCCCCC)COC(OCC[N+](C)(C)C)C(=O)O. The summed E-state index contributed by atoms with van der Waals surface area (Å²) in [6.45, 7) is 4.69. The molecule has 0 aromatic heterocycles. The minimum atomic E-state index is -1.53. The minimum absolute atomic E-state index is 0.175. The fourth-order valence-electron chi connectivity index (χ4n) is 6.67. The highest BCUT2D eigenvalue weighted by Crippen LogP contribution is 2.13. The Morgan fingerprint density at radius 3 is 1.26 bits per heavy atom. The van der Waals surface area contributed by atoms with Crippen LogP contribution in [0.1, 0.15) is 187 Å². The number of rotatable bonds is 47. The summed E-state index contributed by atoms with van der Waals surface area (Å²) in [5.74, 6) is -2.07. The molecule has 0 radical (unpaired) electrons. The summed E-state index contributed by atoms with van der Waals surface area (Å²) in [7, 11) is 5.94. The summed E-state index contributed by atoms with van der Waals surface area (Å²) >= 11 is 0. The molecule has 0 saturated carbocycles. The summed E-state index contributed by atoms with van der Waals surface area (Å²) in [5.41, 5.74) is 0. The van der Waals surface area contributed by atoms with E-state index in [0.717, 1.165) is 116 Å². The lowest BCUT2D eigenvalue weighted by molar-refractivity contribution is -0.870. The Kier molecular flexibility index (Phi) is 46.4. The number of carboxylic acid groups (broad SMARTS) is 1. The molecule has 0 aliphatic carbocycles. The van der Waals surface area contributed by atoms with Crippen molar-refractivity contribution < 1.29 is 42.9 Å². The molecular formula is C59H98NO8+. The van der Waals surface area contributed by atoms with Crippen molar-refractivity contribution in [3.63, 3.8) is 0 Å². The highest BCUT2D eigenvalue weighted by atomic mass is 16.7. The summed E-state index contributed by atoms with van der Waals surface area (Å²) in [4.78, 5) is 37.3. The molecule has 9 heteroatoms. The molecule has 0 heterocycles. The van der Waals surface area contributed by atoms with Crippen LogP contribution in [-0.2, 0) is 33.3 Å². The Bertz CT molecular complexity index is 1480. The third kappa shape index (κ3) is 49.8. The molecule has 9 nitrogen and oxygen atoms in total. The predicted octanol–water partition coefficient (Wildman–Crippen LogP) is 15.2. The van der Waals surface area contributed by atoms with Gasteiger partial charge in [-0.25, -0.2) is 4.79 Å². The summed E-state index contributed by atoms with van der Waals surface area (Å²) in [5, 5.41) is 9.67. The Morgan fingerprint density at radius 1 is 0.456 bits per heavy atom. The molecule has 0 fully saturated rings. The highest BCUT2D eigenvalue weighted by Gasteiger charge is 2.25. The van der Waals surface area contributed by atoms with Crippen molar-refractivity contribution in [2.45, 2.75) is 200 Å². The smallest absolute Gasteiger partial charge is 0.361 e. The number of aliphatic carboxylic acids is 1. The molecule has 0 aliphatic heterocycles. The van der Waals surface area contributed by atoms with E-state index in [0.29, 0.717) is 17.4 Å². The molecule has 2 unspecified atom stereocenters. The first-order valence-electron chi connectivity index (χ1n) is 26.6. The van der Waals surface area contributed by atoms with Crippen molar-refractivity contribution in [2.24, 2.45) is 0 Å². The van der Waals surface area contributed by atoms with E-state index in [1.165, 1.54) is 38.5 Å².